The van der Waals surface area contributed by atoms with E-state index in [0.717, 1.165) is 5.56 Å². The van der Waals surface area contributed by atoms with Crippen molar-refractivity contribution >= 4 is 5.69 Å². The molecule has 1 nitrogen and oxygen atoms in total. The summed E-state index contributed by atoms with van der Waals surface area (Å²) in [6.07, 6.45) is 0. The Labute approximate surface area is 79.0 Å². The van der Waals surface area contributed by atoms with Gasteiger partial charge >= 0.3 is 0 Å². The molecule has 0 spiro atoms. The van der Waals surface area contributed by atoms with Crippen molar-refractivity contribution in [1.29, 1.82) is 0 Å². The van der Waals surface area contributed by atoms with Crippen LogP contribution in [0.4, 0.5) is 10.1 Å². The van der Waals surface area contributed by atoms with Crippen LogP contribution >= 0.6 is 0 Å². The lowest BCUT2D eigenvalue weighted by atomic mass is 9.87. The highest BCUT2D eigenvalue weighted by Crippen LogP contribution is 2.28. The second-order valence-corrected chi connectivity index (χ2v) is 4.14. The number of rotatable bonds is 1. The van der Waals surface area contributed by atoms with Gasteiger partial charge in [-0.1, -0.05) is 32.9 Å². The van der Waals surface area contributed by atoms with Crippen LogP contribution in [0.2, 0.25) is 0 Å². The lowest BCUT2D eigenvalue weighted by Crippen LogP contribution is -2.10. The highest BCUT2D eigenvalue weighted by atomic mass is 19.1. The first-order chi connectivity index (χ1) is 5.95. The second kappa shape index (κ2) is 3.36. The lowest BCUT2D eigenvalue weighted by Gasteiger charge is -2.22. The quantitative estimate of drug-likeness (QED) is 0.624. The topological polar surface area (TPSA) is 14.1 Å². The van der Waals surface area contributed by atoms with Crippen LogP contribution < -0.4 is 0 Å². The number of hydrogen-bond acceptors (Lipinski definition) is 0. The Morgan fingerprint density at radius 3 is 2.23 bits per heavy atom. The average Bonchev–Trinajstić information content (AvgIpc) is 2.02. The molecule has 2 heteroatoms. The van der Waals surface area contributed by atoms with Gasteiger partial charge in [-0.2, -0.15) is 0 Å². The van der Waals surface area contributed by atoms with E-state index in [9.17, 15) is 4.39 Å². The molecule has 0 aromatic heterocycles. The third-order valence-electron chi connectivity index (χ3n) is 2.05. The van der Waals surface area contributed by atoms with Crippen molar-refractivity contribution in [2.24, 2.45) is 0 Å². The van der Waals surface area contributed by atoms with Gasteiger partial charge in [0, 0.05) is 0 Å². The molecular weight excluding hydrogens is 165 g/mol. The molecule has 0 aliphatic heterocycles. The van der Waals surface area contributed by atoms with Crippen LogP contribution in [0, 0.1) is 5.82 Å². The van der Waals surface area contributed by atoms with Crippen LogP contribution in [0.15, 0.2) is 18.2 Å². The molecule has 0 saturated carbocycles. The van der Waals surface area contributed by atoms with Crippen LogP contribution in [0.25, 0.3) is 5.32 Å². The Kier molecular flexibility index (Phi) is 2.60. The zero-order valence-electron chi connectivity index (χ0n) is 8.56. The van der Waals surface area contributed by atoms with Gasteiger partial charge in [0.2, 0.25) is 0 Å². The summed E-state index contributed by atoms with van der Waals surface area (Å²) in [5, 5.41) is 3.82. The molecule has 0 heterocycles. The van der Waals surface area contributed by atoms with Crippen LogP contribution in [0.3, 0.4) is 0 Å². The summed E-state index contributed by atoms with van der Waals surface area (Å²) in [6, 6.07) is 5.20. The van der Waals surface area contributed by atoms with Crippen molar-refractivity contribution < 1.29 is 4.39 Å². The van der Waals surface area contributed by atoms with Gasteiger partial charge in [-0.05, 0) is 17.0 Å². The van der Waals surface area contributed by atoms with Crippen molar-refractivity contribution in [3.05, 3.63) is 34.9 Å². The monoisotopic (exact) mass is 180 g/mol. The molecule has 0 amide bonds. The van der Waals surface area contributed by atoms with E-state index in [1.165, 1.54) is 0 Å². The number of nitrogens with zero attached hydrogens (tertiary/aromatic N) is 1. The van der Waals surface area contributed by atoms with Gasteiger partial charge < -0.3 is 5.32 Å². The number of halogens is 1. The maximum atomic E-state index is 13.3. The summed E-state index contributed by atoms with van der Waals surface area (Å²) in [4.78, 5) is 0. The van der Waals surface area contributed by atoms with Crippen molar-refractivity contribution in [1.82, 2.24) is 0 Å². The van der Waals surface area contributed by atoms with Gasteiger partial charge in [0.1, 0.15) is 5.82 Å². The maximum absolute atomic E-state index is 13.3. The Bertz CT molecular complexity index is 299. The third kappa shape index (κ3) is 2.20. The normalized spacial score (nSPS) is 11.5. The van der Waals surface area contributed by atoms with Gasteiger partial charge in [0.25, 0.3) is 0 Å². The first-order valence-corrected chi connectivity index (χ1v) is 4.35. The molecule has 0 saturated heterocycles. The molecule has 0 aliphatic carbocycles. The minimum atomic E-state index is -0.241. The van der Waals surface area contributed by atoms with E-state index in [4.69, 9.17) is 0 Å². The molecule has 0 fully saturated rings. The van der Waals surface area contributed by atoms with E-state index in [-0.39, 0.29) is 11.2 Å². The predicted molar refractivity (Wildman–Crippen MR) is 54.0 cm³/mol. The fourth-order valence-electron chi connectivity index (χ4n) is 1.15. The fourth-order valence-corrected chi connectivity index (χ4v) is 1.15. The summed E-state index contributed by atoms with van der Waals surface area (Å²) in [5.74, 6) is -0.241. The summed E-state index contributed by atoms with van der Waals surface area (Å²) >= 11 is 0. The van der Waals surface area contributed by atoms with Crippen molar-refractivity contribution in [2.75, 3.05) is 7.05 Å². The third-order valence-corrected chi connectivity index (χ3v) is 2.05. The Morgan fingerprint density at radius 2 is 1.85 bits per heavy atom. The summed E-state index contributed by atoms with van der Waals surface area (Å²) in [5.41, 5.74) is 1.41. The first kappa shape index (κ1) is 10.0. The standard InChI is InChI=1S/C11H15FN/c1-11(2,3)8-5-6-10(13-4)9(12)7-8/h5-7H,1-4H3/q-1. The van der Waals surface area contributed by atoms with Gasteiger partial charge in [-0.25, -0.2) is 4.39 Å². The van der Waals surface area contributed by atoms with E-state index in [0.29, 0.717) is 5.69 Å². The number of benzene rings is 1. The molecule has 1 aromatic rings. The van der Waals surface area contributed by atoms with E-state index >= 15 is 0 Å². The van der Waals surface area contributed by atoms with Crippen LogP contribution in [0.1, 0.15) is 26.3 Å². The molecule has 13 heavy (non-hydrogen) atoms. The predicted octanol–water partition coefficient (Wildman–Crippen LogP) is 3.76. The number of hydrogen-bond donors (Lipinski definition) is 0. The zero-order valence-corrected chi connectivity index (χ0v) is 8.56. The smallest absolute Gasteiger partial charge is 0.108 e. The molecular formula is C11H15FN-. The van der Waals surface area contributed by atoms with Crippen molar-refractivity contribution in [3.8, 4) is 0 Å². The fraction of sp³-hybridized carbons (Fsp3) is 0.455. The Morgan fingerprint density at radius 1 is 1.23 bits per heavy atom. The molecule has 0 N–H and O–H groups in total. The Balaban J connectivity index is 3.10. The largest absolute Gasteiger partial charge is 0.685 e. The van der Waals surface area contributed by atoms with Gasteiger partial charge in [-0.3, -0.25) is 0 Å². The molecule has 72 valence electrons. The molecule has 0 radical (unpaired) electrons. The summed E-state index contributed by atoms with van der Waals surface area (Å²) in [7, 11) is 1.59. The van der Waals surface area contributed by atoms with Crippen molar-refractivity contribution in [3.63, 3.8) is 0 Å². The zero-order chi connectivity index (χ0) is 10.1. The van der Waals surface area contributed by atoms with Crippen LogP contribution in [0.5, 0.6) is 0 Å². The second-order valence-electron chi connectivity index (χ2n) is 4.14. The van der Waals surface area contributed by atoms with E-state index in [1.54, 1.807) is 19.2 Å². The van der Waals surface area contributed by atoms with Crippen LogP contribution in [-0.2, 0) is 5.41 Å². The average molecular weight is 180 g/mol. The molecule has 0 aliphatic rings. The highest BCUT2D eigenvalue weighted by Gasteiger charge is 2.13. The SMILES string of the molecule is C[N-]c1ccc(C(C)(C)C)cc1F. The molecule has 0 atom stereocenters. The van der Waals surface area contributed by atoms with Crippen molar-refractivity contribution in [2.45, 2.75) is 26.2 Å². The van der Waals surface area contributed by atoms with E-state index in [1.807, 2.05) is 6.07 Å². The van der Waals surface area contributed by atoms with E-state index in [2.05, 4.69) is 26.1 Å². The Hall–Kier alpha value is -1.05. The maximum Gasteiger partial charge on any atom is 0.108 e. The van der Waals surface area contributed by atoms with Gasteiger partial charge in [0.15, 0.2) is 0 Å². The minimum Gasteiger partial charge on any atom is -0.685 e. The summed E-state index contributed by atoms with van der Waals surface area (Å²) in [6.45, 7) is 6.18. The minimum absolute atomic E-state index is 0.00683. The van der Waals surface area contributed by atoms with Gasteiger partial charge in [0.05, 0.1) is 0 Å². The highest BCUT2D eigenvalue weighted by molar-refractivity contribution is 5.50. The van der Waals surface area contributed by atoms with Crippen LogP contribution in [-0.4, -0.2) is 7.05 Å². The first-order valence-electron chi connectivity index (χ1n) is 4.35. The lowest BCUT2D eigenvalue weighted by molar-refractivity contribution is 0.574. The molecule has 0 unspecified atom stereocenters. The molecule has 1 aromatic carbocycles. The molecule has 1 rings (SSSR count). The van der Waals surface area contributed by atoms with E-state index < -0.39 is 0 Å². The molecule has 0 bridgehead atoms. The summed E-state index contributed by atoms with van der Waals surface area (Å²) < 4.78 is 13.3. The van der Waals surface area contributed by atoms with Gasteiger partial charge in [-0.15, -0.1) is 12.7 Å².